The fourth-order valence-electron chi connectivity index (χ4n) is 6.66. The van der Waals surface area contributed by atoms with E-state index >= 15 is 26.3 Å². The van der Waals surface area contributed by atoms with Crippen molar-refractivity contribution in [2.45, 2.75) is 65.8 Å². The van der Waals surface area contributed by atoms with Crippen LogP contribution in [0.4, 0.5) is 65.9 Å². The van der Waals surface area contributed by atoms with Crippen LogP contribution in [0.1, 0.15) is 59.3 Å². The van der Waals surface area contributed by atoms with Gasteiger partial charge in [-0.25, -0.2) is 65.9 Å². The zero-order chi connectivity index (χ0) is 43.3. The molecule has 0 saturated carbocycles. The molecule has 0 heterocycles. The van der Waals surface area contributed by atoms with Crippen molar-refractivity contribution >= 4 is 62.0 Å². The number of hydrogen-bond donors (Lipinski definition) is 1. The molecule has 0 aliphatic heterocycles. The van der Waals surface area contributed by atoms with Crippen LogP contribution in [-0.2, 0) is 0 Å². The third-order valence-electron chi connectivity index (χ3n) is 9.60. The Kier molecular flexibility index (Phi) is 16.5. The van der Waals surface area contributed by atoms with Crippen molar-refractivity contribution in [3.63, 3.8) is 0 Å². The Hall–Kier alpha value is -3.35. The Morgan fingerprint density at radius 2 is 0.649 bits per heavy atom. The number of rotatable bonds is 14. The molecule has 0 bridgehead atoms. The highest BCUT2D eigenvalue weighted by atomic mass is 35.7. The van der Waals surface area contributed by atoms with Crippen molar-refractivity contribution in [1.29, 1.82) is 0 Å². The topological polar surface area (TPSA) is 4.44 Å². The smallest absolute Gasteiger partial charge is 0.277 e. The van der Waals surface area contributed by atoms with Gasteiger partial charge in [-0.05, 0) is 31.0 Å². The number of unbranched alkanes of at least 4 members (excludes halogenated alkanes) is 3. The van der Waals surface area contributed by atoms with Crippen LogP contribution in [0.25, 0.3) is 0 Å². The molecule has 4 aromatic carbocycles. The van der Waals surface area contributed by atoms with Crippen LogP contribution in [0.15, 0.2) is 24.3 Å². The first-order chi connectivity index (χ1) is 26.6. The molecule has 0 atom stereocenters. The lowest BCUT2D eigenvalue weighted by molar-refractivity contribution is -0.900. The van der Waals surface area contributed by atoms with Crippen molar-refractivity contribution in [2.75, 3.05) is 19.6 Å². The lowest BCUT2D eigenvalue weighted by Crippen LogP contribution is -3.12. The number of halogens is 17. The molecule has 57 heavy (non-hydrogen) atoms. The molecular formula is C37H35BCl2F15NSi. The van der Waals surface area contributed by atoms with E-state index in [-0.39, 0.29) is 5.19 Å². The molecule has 4 aromatic rings. The molecule has 0 saturated heterocycles. The maximum absolute atomic E-state index is 15.6. The molecule has 1 N–H and O–H groups in total. The minimum Gasteiger partial charge on any atom is -0.335 e. The zero-order valence-corrected chi connectivity index (χ0v) is 33.2. The Morgan fingerprint density at radius 3 is 0.860 bits per heavy atom. The molecule has 4 rings (SSSR count). The molecule has 0 aromatic heterocycles. The number of quaternary nitrogens is 1. The van der Waals surface area contributed by atoms with E-state index in [4.69, 9.17) is 22.2 Å². The molecule has 0 aliphatic rings. The Balaban J connectivity index is 0.000000573. The number of nitrogens with one attached hydrogen (secondary N) is 1. The maximum Gasteiger partial charge on any atom is 0.277 e. The van der Waals surface area contributed by atoms with Gasteiger partial charge in [0.15, 0.2) is 52.4 Å². The highest BCUT2D eigenvalue weighted by molar-refractivity contribution is 7.50. The quantitative estimate of drug-likeness (QED) is 0.0429. The molecule has 0 fully saturated rings. The van der Waals surface area contributed by atoms with Crippen LogP contribution in [0, 0.1) is 87.3 Å². The average molecular weight is 888 g/mol. The molecule has 0 unspecified atom stereocenters. The number of benzene rings is 4. The van der Waals surface area contributed by atoms with Gasteiger partial charge in [-0.1, -0.05) is 64.3 Å². The summed E-state index contributed by atoms with van der Waals surface area (Å²) in [6, 6.07) is 2.09. The SMILES string of the molecule is CCCC[NH+](CCCC)CCCC.C[Si](Cl)(Cl)c1ccc([B-](c2c(F)c(F)c(F)c(F)c2F)(c2c(F)c(F)c(F)c(F)c2F)c2c(F)c(F)c(F)c(F)c2F)cc1. The van der Waals surface area contributed by atoms with Crippen LogP contribution in [0.5, 0.6) is 0 Å². The van der Waals surface area contributed by atoms with E-state index in [1.54, 1.807) is 0 Å². The van der Waals surface area contributed by atoms with E-state index in [1.807, 2.05) is 4.90 Å². The van der Waals surface area contributed by atoms with Gasteiger partial charge in [-0.2, -0.15) is 5.46 Å². The molecule has 0 radical (unpaired) electrons. The van der Waals surface area contributed by atoms with E-state index in [2.05, 4.69) is 20.8 Å². The molecule has 1 nitrogen and oxygen atoms in total. The van der Waals surface area contributed by atoms with E-state index in [9.17, 15) is 39.5 Å². The van der Waals surface area contributed by atoms with E-state index < -0.39 is 122 Å². The van der Waals surface area contributed by atoms with Gasteiger partial charge in [0.05, 0.1) is 19.6 Å². The summed E-state index contributed by atoms with van der Waals surface area (Å²) in [7, 11) is 0. The second-order valence-corrected chi connectivity index (χ2v) is 20.9. The van der Waals surface area contributed by atoms with Crippen molar-refractivity contribution in [3.8, 4) is 0 Å². The van der Waals surface area contributed by atoms with Crippen molar-refractivity contribution < 1.29 is 70.8 Å². The third kappa shape index (κ3) is 9.28. The van der Waals surface area contributed by atoms with Gasteiger partial charge in [0.2, 0.25) is 0 Å². The van der Waals surface area contributed by atoms with Crippen LogP contribution in [0.2, 0.25) is 6.55 Å². The summed E-state index contributed by atoms with van der Waals surface area (Å²) >= 11 is 12.1. The second kappa shape index (κ2) is 19.6. The monoisotopic (exact) mass is 887 g/mol. The average Bonchev–Trinajstić information content (AvgIpc) is 3.18. The Morgan fingerprint density at radius 1 is 0.421 bits per heavy atom. The predicted molar refractivity (Wildman–Crippen MR) is 193 cm³/mol. The summed E-state index contributed by atoms with van der Waals surface area (Å²) in [6.45, 7) is 8.78. The first kappa shape index (κ1) is 48.0. The first-order valence-electron chi connectivity index (χ1n) is 17.6. The molecule has 0 aliphatic carbocycles. The van der Waals surface area contributed by atoms with Gasteiger partial charge in [-0.3, -0.25) is 0 Å². The minimum atomic E-state index is -5.84. The normalized spacial score (nSPS) is 12.0. The van der Waals surface area contributed by atoms with Gasteiger partial charge in [0, 0.05) is 0 Å². The lowest BCUT2D eigenvalue weighted by Gasteiger charge is -2.44. The minimum absolute atomic E-state index is 0.137. The van der Waals surface area contributed by atoms with Crippen molar-refractivity contribution in [1.82, 2.24) is 0 Å². The summed E-state index contributed by atoms with van der Waals surface area (Å²) in [5, 5.41) is -0.137. The van der Waals surface area contributed by atoms with E-state index in [0.717, 1.165) is 0 Å². The second-order valence-electron chi connectivity index (χ2n) is 13.4. The standard InChI is InChI=1S/C25H7BCl2F15Si.C12H27N/c1-44(27,28)7-4-2-6(3-5-7)26(8-11(29)17(35)23(41)18(36)12(8)30,9-13(31)19(37)24(42)20(38)14(9)32)10-15(33)21(39)25(43)22(40)16(10)34;1-4-7-10-13(11-8-5-2)12-9-6-3/h2-5H,1H3;4-12H2,1-3H3/q-1;/p+1. The molecule has 314 valence electrons. The van der Waals surface area contributed by atoms with Crippen LogP contribution in [-0.4, -0.2) is 32.5 Å². The van der Waals surface area contributed by atoms with Crippen molar-refractivity contribution in [3.05, 3.63) is 112 Å². The highest BCUT2D eigenvalue weighted by Crippen LogP contribution is 2.28. The Bertz CT molecular complexity index is 1810. The maximum atomic E-state index is 15.6. The summed E-state index contributed by atoms with van der Waals surface area (Å²) in [5.74, 6) is -46.0. The summed E-state index contributed by atoms with van der Waals surface area (Å²) in [4.78, 5) is 1.84. The fraction of sp³-hybridized carbons (Fsp3) is 0.351. The van der Waals surface area contributed by atoms with Gasteiger partial charge >= 0.3 is 0 Å². The van der Waals surface area contributed by atoms with Crippen LogP contribution >= 0.6 is 22.2 Å². The number of hydrogen-bond acceptors (Lipinski definition) is 0. The third-order valence-corrected chi connectivity index (χ3v) is 12.3. The zero-order valence-electron chi connectivity index (χ0n) is 30.7. The van der Waals surface area contributed by atoms with Crippen LogP contribution < -0.4 is 31.9 Å². The summed E-state index contributed by atoms with van der Waals surface area (Å²) in [6.07, 6.45) is 2.42. The van der Waals surface area contributed by atoms with Gasteiger partial charge in [-0.15, -0.1) is 38.5 Å². The van der Waals surface area contributed by atoms with E-state index in [1.165, 1.54) is 64.7 Å². The van der Waals surface area contributed by atoms with Gasteiger partial charge < -0.3 is 4.90 Å². The molecular weight excluding hydrogens is 853 g/mol. The van der Waals surface area contributed by atoms with Gasteiger partial charge in [0.1, 0.15) is 41.0 Å². The van der Waals surface area contributed by atoms with Gasteiger partial charge in [0.25, 0.3) is 6.69 Å². The highest BCUT2D eigenvalue weighted by Gasteiger charge is 2.49. The molecule has 0 amide bonds. The van der Waals surface area contributed by atoms with Crippen LogP contribution in [0.3, 0.4) is 0 Å². The van der Waals surface area contributed by atoms with Crippen molar-refractivity contribution in [2.24, 2.45) is 0 Å². The van der Waals surface area contributed by atoms with E-state index in [0.29, 0.717) is 24.3 Å². The molecule has 0 spiro atoms. The Labute approximate surface area is 329 Å². The summed E-state index contributed by atoms with van der Waals surface area (Å²) < 4.78 is 223. The summed E-state index contributed by atoms with van der Waals surface area (Å²) in [5.41, 5.74) is -9.65. The first-order valence-corrected chi connectivity index (χ1v) is 22.1. The molecule has 20 heteroatoms. The lowest BCUT2D eigenvalue weighted by atomic mass is 9.12. The predicted octanol–water partition coefficient (Wildman–Crippen LogP) is 8.18. The largest absolute Gasteiger partial charge is 0.335 e. The fourth-order valence-corrected chi connectivity index (χ4v) is 8.17.